The van der Waals surface area contributed by atoms with Gasteiger partial charge in [-0.2, -0.15) is 10.4 Å². The van der Waals surface area contributed by atoms with E-state index in [0.717, 1.165) is 24.3 Å². The summed E-state index contributed by atoms with van der Waals surface area (Å²) in [5.74, 6) is 0. The molecule has 0 aliphatic rings. The van der Waals surface area contributed by atoms with Crippen LogP contribution in [0.3, 0.4) is 0 Å². The SMILES string of the molecule is N#Cc1csc(CNCc2ccccc2-n2cccn2)c1. The maximum atomic E-state index is 8.82. The first-order valence-electron chi connectivity index (χ1n) is 6.63. The third-order valence-electron chi connectivity index (χ3n) is 3.14. The van der Waals surface area contributed by atoms with Crippen LogP contribution in [0.2, 0.25) is 0 Å². The lowest BCUT2D eigenvalue weighted by Crippen LogP contribution is -2.14. The van der Waals surface area contributed by atoms with E-state index in [9.17, 15) is 0 Å². The molecule has 1 aromatic carbocycles. The average Bonchev–Trinajstić information content (AvgIpc) is 3.19. The number of aromatic nitrogens is 2. The van der Waals surface area contributed by atoms with Gasteiger partial charge in [-0.3, -0.25) is 0 Å². The van der Waals surface area contributed by atoms with E-state index in [1.54, 1.807) is 17.5 Å². The van der Waals surface area contributed by atoms with E-state index in [1.807, 2.05) is 40.5 Å². The van der Waals surface area contributed by atoms with Crippen LogP contribution in [0.4, 0.5) is 0 Å². The zero-order valence-electron chi connectivity index (χ0n) is 11.4. The summed E-state index contributed by atoms with van der Waals surface area (Å²) in [6.45, 7) is 1.52. The number of thiophene rings is 1. The quantitative estimate of drug-likeness (QED) is 0.786. The van der Waals surface area contributed by atoms with Gasteiger partial charge in [0.2, 0.25) is 0 Å². The second-order valence-corrected chi connectivity index (χ2v) is 5.59. The van der Waals surface area contributed by atoms with Crippen LogP contribution < -0.4 is 5.32 Å². The fraction of sp³-hybridized carbons (Fsp3) is 0.125. The van der Waals surface area contributed by atoms with E-state index < -0.39 is 0 Å². The van der Waals surface area contributed by atoms with E-state index in [2.05, 4.69) is 28.6 Å². The number of hydrogen-bond donors (Lipinski definition) is 1. The van der Waals surface area contributed by atoms with Gasteiger partial charge in [-0.1, -0.05) is 18.2 Å². The molecule has 0 spiro atoms. The van der Waals surface area contributed by atoms with Crippen LogP contribution in [0.1, 0.15) is 16.0 Å². The lowest BCUT2D eigenvalue weighted by Gasteiger charge is -2.10. The van der Waals surface area contributed by atoms with Crippen LogP contribution in [0.25, 0.3) is 5.69 Å². The molecular weight excluding hydrogens is 280 g/mol. The molecule has 0 aliphatic heterocycles. The van der Waals surface area contributed by atoms with Crippen molar-refractivity contribution in [3.63, 3.8) is 0 Å². The lowest BCUT2D eigenvalue weighted by atomic mass is 10.2. The number of rotatable bonds is 5. The Balaban J connectivity index is 1.67. The molecule has 0 aliphatic carbocycles. The molecular formula is C16H14N4S. The van der Waals surface area contributed by atoms with Crippen molar-refractivity contribution in [3.8, 4) is 11.8 Å². The van der Waals surface area contributed by atoms with Crippen LogP contribution in [-0.2, 0) is 13.1 Å². The molecule has 0 amide bonds. The topological polar surface area (TPSA) is 53.6 Å². The predicted octanol–water partition coefficient (Wildman–Crippen LogP) is 3.10. The zero-order valence-corrected chi connectivity index (χ0v) is 12.2. The molecule has 104 valence electrons. The maximum absolute atomic E-state index is 8.82. The lowest BCUT2D eigenvalue weighted by molar-refractivity contribution is 0.693. The number of nitrogens with one attached hydrogen (secondary N) is 1. The molecule has 3 aromatic rings. The summed E-state index contributed by atoms with van der Waals surface area (Å²) in [7, 11) is 0. The van der Waals surface area contributed by atoms with Gasteiger partial charge in [-0.05, 0) is 23.8 Å². The number of para-hydroxylation sites is 1. The minimum absolute atomic E-state index is 0.730. The van der Waals surface area contributed by atoms with Gasteiger partial charge in [-0.15, -0.1) is 11.3 Å². The van der Waals surface area contributed by atoms with Crippen LogP contribution >= 0.6 is 11.3 Å². The number of nitriles is 1. The van der Waals surface area contributed by atoms with Crippen molar-refractivity contribution < 1.29 is 0 Å². The second kappa shape index (κ2) is 6.35. The fourth-order valence-corrected chi connectivity index (χ4v) is 2.93. The number of benzene rings is 1. The summed E-state index contributed by atoms with van der Waals surface area (Å²) in [6, 6.07) is 14.2. The van der Waals surface area contributed by atoms with Gasteiger partial charge < -0.3 is 5.32 Å². The largest absolute Gasteiger partial charge is 0.308 e. The molecule has 0 unspecified atom stereocenters. The standard InChI is InChI=1S/C16H14N4S/c17-9-13-8-15(21-12-13)11-18-10-14-4-1-2-5-16(14)20-7-3-6-19-20/h1-8,12,18H,10-11H2. The van der Waals surface area contributed by atoms with E-state index in [1.165, 1.54) is 10.4 Å². The Labute approximate surface area is 127 Å². The summed E-state index contributed by atoms with van der Waals surface area (Å²) < 4.78 is 1.87. The Morgan fingerprint density at radius 1 is 1.24 bits per heavy atom. The van der Waals surface area contributed by atoms with Crippen molar-refractivity contribution in [2.24, 2.45) is 0 Å². The molecule has 1 N–H and O–H groups in total. The minimum Gasteiger partial charge on any atom is -0.308 e. The third kappa shape index (κ3) is 3.19. The van der Waals surface area contributed by atoms with Gasteiger partial charge in [0.15, 0.2) is 0 Å². The van der Waals surface area contributed by atoms with Gasteiger partial charge in [0.1, 0.15) is 6.07 Å². The van der Waals surface area contributed by atoms with Gasteiger partial charge in [-0.25, -0.2) is 4.68 Å². The zero-order chi connectivity index (χ0) is 14.5. The highest BCUT2D eigenvalue weighted by atomic mass is 32.1. The smallest absolute Gasteiger partial charge is 0.100 e. The first-order chi connectivity index (χ1) is 10.4. The van der Waals surface area contributed by atoms with Gasteiger partial charge >= 0.3 is 0 Å². The summed E-state index contributed by atoms with van der Waals surface area (Å²) in [4.78, 5) is 1.17. The molecule has 3 rings (SSSR count). The molecule has 0 saturated heterocycles. The van der Waals surface area contributed by atoms with Crippen LogP contribution in [0.5, 0.6) is 0 Å². The van der Waals surface area contributed by atoms with E-state index >= 15 is 0 Å². The van der Waals surface area contributed by atoms with Gasteiger partial charge in [0.05, 0.1) is 11.3 Å². The summed E-state index contributed by atoms with van der Waals surface area (Å²) in [6.07, 6.45) is 3.72. The fourth-order valence-electron chi connectivity index (χ4n) is 2.15. The Morgan fingerprint density at radius 2 is 2.14 bits per heavy atom. The summed E-state index contributed by atoms with van der Waals surface area (Å²) >= 11 is 1.61. The Bertz CT molecular complexity index is 753. The average molecular weight is 294 g/mol. The first kappa shape index (κ1) is 13.6. The normalized spacial score (nSPS) is 10.4. The molecule has 0 radical (unpaired) electrons. The first-order valence-corrected chi connectivity index (χ1v) is 7.51. The van der Waals surface area contributed by atoms with Crippen LogP contribution in [0, 0.1) is 11.3 Å². The number of nitrogens with zero attached hydrogens (tertiary/aromatic N) is 3. The Hall–Kier alpha value is -2.42. The van der Waals surface area contributed by atoms with Crippen molar-refractivity contribution in [3.05, 3.63) is 70.2 Å². The van der Waals surface area contributed by atoms with Crippen molar-refractivity contribution >= 4 is 11.3 Å². The van der Waals surface area contributed by atoms with Gasteiger partial charge in [0.25, 0.3) is 0 Å². The Morgan fingerprint density at radius 3 is 2.90 bits per heavy atom. The highest BCUT2D eigenvalue weighted by Crippen LogP contribution is 2.15. The molecule has 5 heteroatoms. The van der Waals surface area contributed by atoms with Crippen molar-refractivity contribution in [1.82, 2.24) is 15.1 Å². The van der Waals surface area contributed by atoms with Gasteiger partial charge in [0, 0.05) is 35.7 Å². The minimum atomic E-state index is 0.730. The molecule has 4 nitrogen and oxygen atoms in total. The molecule has 2 aromatic heterocycles. The predicted molar refractivity (Wildman–Crippen MR) is 83.1 cm³/mol. The highest BCUT2D eigenvalue weighted by molar-refractivity contribution is 7.10. The molecule has 2 heterocycles. The second-order valence-electron chi connectivity index (χ2n) is 4.60. The summed E-state index contributed by atoms with van der Waals surface area (Å²) in [5.41, 5.74) is 3.01. The highest BCUT2D eigenvalue weighted by Gasteiger charge is 2.04. The molecule has 0 bridgehead atoms. The van der Waals surface area contributed by atoms with Crippen molar-refractivity contribution in [1.29, 1.82) is 5.26 Å². The van der Waals surface area contributed by atoms with Crippen LogP contribution in [-0.4, -0.2) is 9.78 Å². The molecule has 21 heavy (non-hydrogen) atoms. The maximum Gasteiger partial charge on any atom is 0.100 e. The molecule has 0 fully saturated rings. The van der Waals surface area contributed by atoms with E-state index in [-0.39, 0.29) is 0 Å². The Kier molecular flexibility index (Phi) is 4.10. The third-order valence-corrected chi connectivity index (χ3v) is 4.08. The number of hydrogen-bond acceptors (Lipinski definition) is 4. The molecule has 0 atom stereocenters. The van der Waals surface area contributed by atoms with Crippen molar-refractivity contribution in [2.75, 3.05) is 0 Å². The van der Waals surface area contributed by atoms with E-state index in [4.69, 9.17) is 5.26 Å². The van der Waals surface area contributed by atoms with Crippen LogP contribution in [0.15, 0.2) is 54.2 Å². The van der Waals surface area contributed by atoms with E-state index in [0.29, 0.717) is 0 Å². The monoisotopic (exact) mass is 294 g/mol. The molecule has 0 saturated carbocycles. The van der Waals surface area contributed by atoms with Crippen molar-refractivity contribution in [2.45, 2.75) is 13.1 Å². The summed E-state index contributed by atoms with van der Waals surface area (Å²) in [5, 5.41) is 18.4.